The summed E-state index contributed by atoms with van der Waals surface area (Å²) >= 11 is 0.450. The number of halogens is 3. The molecule has 16 heteroatoms. The first-order chi connectivity index (χ1) is 14.5. The van der Waals surface area contributed by atoms with Crippen molar-refractivity contribution < 1.29 is 55.6 Å². The van der Waals surface area contributed by atoms with Crippen LogP contribution < -0.4 is 5.32 Å². The van der Waals surface area contributed by atoms with Crippen molar-refractivity contribution in [3.8, 4) is 0 Å². The monoisotopic (exact) mass is 670 g/mol. The van der Waals surface area contributed by atoms with Gasteiger partial charge in [0.15, 0.2) is 0 Å². The number of rotatable bonds is 15. The summed E-state index contributed by atoms with van der Waals surface area (Å²) in [6.45, 7) is 3.24. The Bertz CT molecular complexity index is 586. The predicted octanol–water partition coefficient (Wildman–Crippen LogP) is -0.210. The van der Waals surface area contributed by atoms with Gasteiger partial charge in [0.05, 0.1) is 0 Å². The Hall–Kier alpha value is 1.30. The Morgan fingerprint density at radius 2 is 1.90 bits per heavy atom. The van der Waals surface area contributed by atoms with Gasteiger partial charge in [0.25, 0.3) is 0 Å². The molecule has 0 bridgehead atoms. The molecule has 1 aliphatic rings. The molecule has 0 aromatic heterocycles. The van der Waals surface area contributed by atoms with Crippen LogP contribution in [0.3, 0.4) is 0 Å². The number of nitrogens with one attached hydrogen (secondary N) is 1. The third-order valence-corrected chi connectivity index (χ3v) is 11.2. The fourth-order valence-corrected chi connectivity index (χ4v) is 8.90. The normalized spacial score (nSPS) is 26.0. The summed E-state index contributed by atoms with van der Waals surface area (Å²) in [7, 11) is -3.79. The Kier molecular flexibility index (Phi) is 15.0. The molecule has 0 spiro atoms. The Morgan fingerprint density at radius 1 is 1.23 bits per heavy atom. The summed E-state index contributed by atoms with van der Waals surface area (Å²) in [5, 5.41) is 1.44. The van der Waals surface area contributed by atoms with Crippen molar-refractivity contribution in [1.29, 1.82) is 0 Å². The number of hydrogen-bond donors (Lipinski definition) is 2. The molecule has 1 fully saturated rings. The minimum atomic E-state index is -4.92. The maximum absolute atomic E-state index is 12.0. The second-order valence-corrected chi connectivity index (χ2v) is 15.2. The van der Waals surface area contributed by atoms with Gasteiger partial charge in [-0.3, -0.25) is 4.79 Å². The average molecular weight is 669 g/mol. The summed E-state index contributed by atoms with van der Waals surface area (Å²) in [6.07, 6.45) is -6.63. The first-order valence-electron chi connectivity index (χ1n) is 9.24. The van der Waals surface area contributed by atoms with E-state index < -0.39 is 38.0 Å². The van der Waals surface area contributed by atoms with Crippen molar-refractivity contribution >= 4 is 62.7 Å². The fourth-order valence-electron chi connectivity index (χ4n) is 2.47. The van der Waals surface area contributed by atoms with Gasteiger partial charge in [-0.2, -0.15) is 13.2 Å². The van der Waals surface area contributed by atoms with E-state index >= 15 is 0 Å². The summed E-state index contributed by atoms with van der Waals surface area (Å²) in [4.78, 5) is 20.3. The second kappa shape index (κ2) is 15.3. The standard InChI is InChI=1S/C15H27F3NO9PSe.Ba/c1-3-23-8-10-11(28-29(2,21)22)12(13(30)27-10)26-9-25-7-6-24-5-4-19-14(20)15(16,17)18;/h10-13,30H,3-9H2,1-2H3,(H,19,20)(H,21,22);/q;+1/p-1. The van der Waals surface area contributed by atoms with Crippen LogP contribution in [0, 0.1) is 0 Å². The zero-order valence-electron chi connectivity index (χ0n) is 17.2. The van der Waals surface area contributed by atoms with Gasteiger partial charge in [0, 0.05) is 0 Å². The average Bonchev–Trinajstić information content (AvgIpc) is 2.98. The third kappa shape index (κ3) is 12.5. The van der Waals surface area contributed by atoms with Gasteiger partial charge in [0.1, 0.15) is 0 Å². The number of ether oxygens (including phenoxy) is 5. The summed E-state index contributed by atoms with van der Waals surface area (Å²) in [5.74, 6) is -2.02. The van der Waals surface area contributed by atoms with Crippen LogP contribution in [-0.4, -0.2) is 143 Å². The zero-order chi connectivity index (χ0) is 23.5. The molecular formula is C15H26BaF3NO9PSe. The molecule has 0 aromatic rings. The number of hydrogen-bond acceptors (Lipinski definition) is 8. The van der Waals surface area contributed by atoms with E-state index in [4.69, 9.17) is 28.2 Å². The van der Waals surface area contributed by atoms with Crippen molar-refractivity contribution in [1.82, 2.24) is 5.32 Å². The number of carbonyl (C=O) groups is 1. The molecule has 1 aliphatic heterocycles. The number of alkyl halides is 3. The molecule has 0 aromatic carbocycles. The van der Waals surface area contributed by atoms with Gasteiger partial charge in [-0.1, -0.05) is 0 Å². The van der Waals surface area contributed by atoms with E-state index in [1.807, 2.05) is 6.92 Å². The van der Waals surface area contributed by atoms with Gasteiger partial charge in [-0.05, 0) is 0 Å². The molecule has 10 nitrogen and oxygen atoms in total. The third-order valence-electron chi connectivity index (χ3n) is 3.74. The van der Waals surface area contributed by atoms with Gasteiger partial charge in [-0.25, -0.2) is 0 Å². The Morgan fingerprint density at radius 3 is 2.48 bits per heavy atom. The van der Waals surface area contributed by atoms with Gasteiger partial charge in [-0.15, -0.1) is 0 Å². The van der Waals surface area contributed by atoms with Crippen LogP contribution in [0.2, 0.25) is 0 Å². The fraction of sp³-hybridized carbons (Fsp3) is 0.933. The van der Waals surface area contributed by atoms with E-state index in [1.54, 1.807) is 5.32 Å². The van der Waals surface area contributed by atoms with E-state index in [-0.39, 0.29) is 50.9 Å². The van der Waals surface area contributed by atoms with E-state index in [0.717, 1.165) is 6.66 Å². The Balaban J connectivity index is 2.35. The molecule has 1 radical (unpaired) electrons. The molecule has 179 valence electrons. The Labute approximate surface area is 211 Å². The molecule has 1 heterocycles. The molecule has 31 heavy (non-hydrogen) atoms. The van der Waals surface area contributed by atoms with E-state index in [0.29, 0.717) is 49.7 Å². The number of carbonyl (C=O) groups excluding carboxylic acids is 1. The maximum atomic E-state index is 12.0. The molecule has 0 saturated carbocycles. The first kappa shape index (κ1) is 30.3. The summed E-state index contributed by atoms with van der Waals surface area (Å²) < 4.78 is 80.6. The van der Waals surface area contributed by atoms with Crippen LogP contribution in [-0.2, 0) is 37.6 Å². The van der Waals surface area contributed by atoms with Crippen molar-refractivity contribution in [2.75, 3.05) is 53.0 Å². The number of amides is 1. The van der Waals surface area contributed by atoms with Crippen LogP contribution in [0.15, 0.2) is 0 Å². The topological polar surface area (TPSA) is 122 Å². The SMILES string of the molecule is CCOCC1OC([Se][Ba])C(OCOCCOCCNC(=O)C(F)(F)F)C1OP(C)(=O)O. The zero-order valence-corrected chi connectivity index (χ0v) is 24.2. The molecule has 0 aliphatic carbocycles. The molecule has 5 atom stereocenters. The molecule has 5 unspecified atom stereocenters. The van der Waals surface area contributed by atoms with Crippen LogP contribution >= 0.6 is 7.60 Å². The van der Waals surface area contributed by atoms with E-state index in [1.165, 1.54) is 0 Å². The van der Waals surface area contributed by atoms with Crippen molar-refractivity contribution in [3.63, 3.8) is 0 Å². The predicted molar refractivity (Wildman–Crippen MR) is 103 cm³/mol. The van der Waals surface area contributed by atoms with Crippen LogP contribution in [0.1, 0.15) is 6.92 Å². The van der Waals surface area contributed by atoms with Crippen LogP contribution in [0.4, 0.5) is 13.2 Å². The summed E-state index contributed by atoms with van der Waals surface area (Å²) in [5.41, 5.74) is 0. The quantitative estimate of drug-likeness (QED) is 0.106. The minimum absolute atomic E-state index is 0.0803. The van der Waals surface area contributed by atoms with Gasteiger partial charge in [0.2, 0.25) is 0 Å². The van der Waals surface area contributed by atoms with Crippen LogP contribution in [0.5, 0.6) is 0 Å². The summed E-state index contributed by atoms with van der Waals surface area (Å²) in [6, 6.07) is 0. The molecule has 1 rings (SSSR count). The van der Waals surface area contributed by atoms with E-state index in [9.17, 15) is 27.4 Å². The molecular weight excluding hydrogens is 642 g/mol. The van der Waals surface area contributed by atoms with Crippen molar-refractivity contribution in [2.24, 2.45) is 0 Å². The van der Waals surface area contributed by atoms with Crippen LogP contribution in [0.25, 0.3) is 0 Å². The molecule has 1 saturated heterocycles. The first-order valence-corrected chi connectivity index (χ1v) is 22.9. The van der Waals surface area contributed by atoms with Gasteiger partial charge >= 0.3 is 195 Å². The van der Waals surface area contributed by atoms with E-state index in [2.05, 4.69) is 0 Å². The molecule has 1 amide bonds. The van der Waals surface area contributed by atoms with Crippen molar-refractivity contribution in [2.45, 2.75) is 36.4 Å². The van der Waals surface area contributed by atoms with Crippen molar-refractivity contribution in [3.05, 3.63) is 0 Å². The second-order valence-electron chi connectivity index (χ2n) is 6.27. The van der Waals surface area contributed by atoms with Gasteiger partial charge < -0.3 is 0 Å². The molecule has 2 N–H and O–H groups in total.